The first-order valence-corrected chi connectivity index (χ1v) is 11.0. The highest BCUT2D eigenvalue weighted by Gasteiger charge is 2.12. The molecule has 5 rings (SSSR count). The van der Waals surface area contributed by atoms with Crippen molar-refractivity contribution in [1.29, 1.82) is 15.8 Å². The van der Waals surface area contributed by atoms with E-state index in [1.807, 2.05) is 60.7 Å². The number of fused-ring (bicyclic) bond motifs is 1. The zero-order valence-electron chi connectivity index (χ0n) is 17.3. The lowest BCUT2D eigenvalue weighted by molar-refractivity contribution is 1.46. The molecule has 0 spiro atoms. The zero-order chi connectivity index (χ0) is 22.8. The summed E-state index contributed by atoms with van der Waals surface area (Å²) in [6.07, 6.45) is 0. The zero-order valence-corrected chi connectivity index (χ0v) is 18.1. The molecule has 1 aromatic heterocycles. The van der Waals surface area contributed by atoms with Gasteiger partial charge in [0.05, 0.1) is 45.1 Å². The van der Waals surface area contributed by atoms with E-state index in [9.17, 15) is 5.26 Å². The van der Waals surface area contributed by atoms with Crippen LogP contribution in [0.2, 0.25) is 0 Å². The molecule has 0 bridgehead atoms. The van der Waals surface area contributed by atoms with Gasteiger partial charge in [-0.2, -0.15) is 15.8 Å². The van der Waals surface area contributed by atoms with Gasteiger partial charge in [-0.3, -0.25) is 0 Å². The normalized spacial score (nSPS) is 10.3. The van der Waals surface area contributed by atoms with Gasteiger partial charge in [-0.25, -0.2) is 4.98 Å². The monoisotopic (exact) mass is 438 g/mol. The molecule has 5 aromatic rings. The van der Waals surface area contributed by atoms with E-state index in [0.29, 0.717) is 16.7 Å². The highest BCUT2D eigenvalue weighted by Crippen LogP contribution is 2.36. The molecule has 0 radical (unpaired) electrons. The second kappa shape index (κ2) is 8.40. The lowest BCUT2D eigenvalue weighted by Crippen LogP contribution is -1.86. The van der Waals surface area contributed by atoms with E-state index in [2.05, 4.69) is 36.4 Å². The topological polar surface area (TPSA) is 84.3 Å². The molecular weight excluding hydrogens is 424 g/mol. The van der Waals surface area contributed by atoms with Crippen molar-refractivity contribution in [2.45, 2.75) is 0 Å². The van der Waals surface area contributed by atoms with E-state index < -0.39 is 0 Å². The second-order valence-electron chi connectivity index (χ2n) is 7.49. The standard InChI is InChI=1S/C28H14N4S/c29-15-18-1-6-21(7-2-18)23-12-24(22-8-3-19(16-30)4-9-22)14-25(13-23)28-32-26-10-5-20(17-31)11-27(26)33-28/h1-14H. The Balaban J connectivity index is 1.68. The lowest BCUT2D eigenvalue weighted by Gasteiger charge is -2.10. The first-order valence-electron chi connectivity index (χ1n) is 10.1. The fourth-order valence-electron chi connectivity index (χ4n) is 3.68. The van der Waals surface area contributed by atoms with Gasteiger partial charge in [0.15, 0.2) is 0 Å². The van der Waals surface area contributed by atoms with Gasteiger partial charge in [-0.1, -0.05) is 24.3 Å². The first kappa shape index (κ1) is 20.2. The van der Waals surface area contributed by atoms with E-state index in [0.717, 1.165) is 43.0 Å². The Hall–Kier alpha value is -4.76. The smallest absolute Gasteiger partial charge is 0.124 e. The summed E-state index contributed by atoms with van der Waals surface area (Å²) in [6, 6.07) is 33.3. The molecular formula is C28H14N4S. The van der Waals surface area contributed by atoms with Crippen LogP contribution in [0, 0.1) is 34.0 Å². The predicted molar refractivity (Wildman–Crippen MR) is 130 cm³/mol. The number of thiazole rings is 1. The number of benzene rings is 4. The summed E-state index contributed by atoms with van der Waals surface area (Å²) in [5.74, 6) is 0. The number of hydrogen-bond donors (Lipinski definition) is 0. The van der Waals surface area contributed by atoms with Crippen LogP contribution in [-0.2, 0) is 0 Å². The van der Waals surface area contributed by atoms with Crippen molar-refractivity contribution in [2.75, 3.05) is 0 Å². The second-order valence-corrected chi connectivity index (χ2v) is 8.52. The van der Waals surface area contributed by atoms with Crippen molar-refractivity contribution in [1.82, 2.24) is 4.98 Å². The Labute approximate surface area is 194 Å². The van der Waals surface area contributed by atoms with Crippen LogP contribution in [0.15, 0.2) is 84.9 Å². The van der Waals surface area contributed by atoms with Gasteiger partial charge in [-0.05, 0) is 82.9 Å². The molecule has 0 saturated heterocycles. The fraction of sp³-hybridized carbons (Fsp3) is 0. The van der Waals surface area contributed by atoms with E-state index in [1.54, 1.807) is 17.4 Å². The van der Waals surface area contributed by atoms with Gasteiger partial charge in [0.1, 0.15) is 5.01 Å². The van der Waals surface area contributed by atoms with Crippen LogP contribution in [-0.4, -0.2) is 4.98 Å². The van der Waals surface area contributed by atoms with Crippen molar-refractivity contribution in [3.8, 4) is 51.0 Å². The van der Waals surface area contributed by atoms with Crippen LogP contribution < -0.4 is 0 Å². The Kier molecular flexibility index (Phi) is 5.13. The van der Waals surface area contributed by atoms with Crippen LogP contribution in [0.3, 0.4) is 0 Å². The first-order chi connectivity index (χ1) is 16.2. The van der Waals surface area contributed by atoms with Gasteiger partial charge in [0, 0.05) is 5.56 Å². The molecule has 5 heteroatoms. The lowest BCUT2D eigenvalue weighted by atomic mass is 9.95. The minimum absolute atomic E-state index is 0.613. The average Bonchev–Trinajstić information content (AvgIpc) is 3.32. The van der Waals surface area contributed by atoms with Gasteiger partial charge in [0.2, 0.25) is 0 Å². The number of rotatable bonds is 3. The average molecular weight is 439 g/mol. The molecule has 0 saturated carbocycles. The third-order valence-electron chi connectivity index (χ3n) is 5.39. The number of hydrogen-bond acceptors (Lipinski definition) is 5. The Morgan fingerprint density at radius 2 is 1.00 bits per heavy atom. The minimum Gasteiger partial charge on any atom is -0.236 e. The Morgan fingerprint density at radius 1 is 0.515 bits per heavy atom. The highest BCUT2D eigenvalue weighted by molar-refractivity contribution is 7.21. The van der Waals surface area contributed by atoms with Crippen LogP contribution >= 0.6 is 11.3 Å². The predicted octanol–water partition coefficient (Wildman–Crippen LogP) is 6.91. The molecule has 0 unspecified atom stereocenters. The van der Waals surface area contributed by atoms with Gasteiger partial charge in [-0.15, -0.1) is 11.3 Å². The van der Waals surface area contributed by atoms with Crippen molar-refractivity contribution in [3.05, 3.63) is 102 Å². The van der Waals surface area contributed by atoms with Crippen molar-refractivity contribution in [3.63, 3.8) is 0 Å². The third-order valence-corrected chi connectivity index (χ3v) is 6.46. The Morgan fingerprint density at radius 3 is 1.52 bits per heavy atom. The van der Waals surface area contributed by atoms with Crippen LogP contribution in [0.4, 0.5) is 0 Å². The van der Waals surface area contributed by atoms with E-state index >= 15 is 0 Å². The molecule has 0 fully saturated rings. The summed E-state index contributed by atoms with van der Waals surface area (Å²) >= 11 is 1.55. The van der Waals surface area contributed by atoms with Crippen molar-refractivity contribution >= 4 is 21.6 Å². The molecule has 0 aliphatic rings. The highest BCUT2D eigenvalue weighted by atomic mass is 32.1. The molecule has 0 atom stereocenters. The molecule has 33 heavy (non-hydrogen) atoms. The van der Waals surface area contributed by atoms with Crippen LogP contribution in [0.1, 0.15) is 16.7 Å². The number of nitriles is 3. The molecule has 1 heterocycles. The van der Waals surface area contributed by atoms with Crippen molar-refractivity contribution in [2.24, 2.45) is 0 Å². The van der Waals surface area contributed by atoms with Crippen molar-refractivity contribution < 1.29 is 0 Å². The summed E-state index contributed by atoms with van der Waals surface area (Å²) in [5.41, 5.74) is 7.68. The van der Waals surface area contributed by atoms with Crippen LogP contribution in [0.25, 0.3) is 43.0 Å². The molecule has 0 amide bonds. The number of aromatic nitrogens is 1. The molecule has 0 N–H and O–H groups in total. The van der Waals surface area contributed by atoms with Gasteiger partial charge in [0.25, 0.3) is 0 Å². The quantitative estimate of drug-likeness (QED) is 0.306. The van der Waals surface area contributed by atoms with Gasteiger partial charge < -0.3 is 0 Å². The summed E-state index contributed by atoms with van der Waals surface area (Å²) < 4.78 is 0.966. The van der Waals surface area contributed by atoms with E-state index in [-0.39, 0.29) is 0 Å². The molecule has 0 aliphatic carbocycles. The third kappa shape index (κ3) is 3.95. The maximum Gasteiger partial charge on any atom is 0.124 e. The molecule has 4 aromatic carbocycles. The molecule has 0 aliphatic heterocycles. The number of nitrogens with zero attached hydrogens (tertiary/aromatic N) is 4. The van der Waals surface area contributed by atoms with Gasteiger partial charge >= 0.3 is 0 Å². The Bertz CT molecular complexity index is 1550. The summed E-state index contributed by atoms with van der Waals surface area (Å²) in [6.45, 7) is 0. The molecule has 152 valence electrons. The SMILES string of the molecule is N#Cc1ccc(-c2cc(-c3ccc(C#N)cc3)cc(-c3nc4ccc(C#N)cc4s3)c2)cc1. The largest absolute Gasteiger partial charge is 0.236 e. The summed E-state index contributed by atoms with van der Waals surface area (Å²) in [5, 5.41) is 28.3. The van der Waals surface area contributed by atoms with E-state index in [4.69, 9.17) is 15.5 Å². The summed E-state index contributed by atoms with van der Waals surface area (Å²) in [4.78, 5) is 4.81. The minimum atomic E-state index is 0.613. The van der Waals surface area contributed by atoms with E-state index in [1.165, 1.54) is 0 Å². The fourth-order valence-corrected chi connectivity index (χ4v) is 4.67. The maximum atomic E-state index is 9.21. The molecule has 4 nitrogen and oxygen atoms in total. The maximum absolute atomic E-state index is 9.21. The summed E-state index contributed by atoms with van der Waals surface area (Å²) in [7, 11) is 0. The van der Waals surface area contributed by atoms with Crippen LogP contribution in [0.5, 0.6) is 0 Å².